The van der Waals surface area contributed by atoms with Crippen LogP contribution in [0.3, 0.4) is 0 Å². The number of carboxylic acids is 1. The zero-order valence-electron chi connectivity index (χ0n) is 9.90. The molecule has 0 amide bonds. The molecule has 0 aliphatic carbocycles. The van der Waals surface area contributed by atoms with Crippen LogP contribution < -0.4 is 4.72 Å². The molecule has 1 unspecified atom stereocenters. The van der Waals surface area contributed by atoms with Gasteiger partial charge in [0.15, 0.2) is 0 Å². The number of hydrogen-bond acceptors (Lipinski definition) is 3. The molecule has 0 radical (unpaired) electrons. The normalized spacial score (nSPS) is 13.6. The molecular weight excluding hydrogens is 230 g/mol. The Bertz CT molecular complexity index is 300. The molecule has 0 saturated carbocycles. The molecule has 1 atom stereocenters. The van der Waals surface area contributed by atoms with Crippen LogP contribution in [-0.4, -0.2) is 31.8 Å². The van der Waals surface area contributed by atoms with Gasteiger partial charge in [0.05, 0.1) is 5.75 Å². The third-order valence-corrected chi connectivity index (χ3v) is 3.70. The Morgan fingerprint density at radius 3 is 2.56 bits per heavy atom. The predicted molar refractivity (Wildman–Crippen MR) is 62.7 cm³/mol. The number of hydrogen-bond donors (Lipinski definition) is 2. The van der Waals surface area contributed by atoms with Crippen LogP contribution in [0.2, 0.25) is 0 Å². The molecule has 0 saturated heterocycles. The van der Waals surface area contributed by atoms with Gasteiger partial charge in [0, 0.05) is 13.0 Å². The third-order valence-electron chi connectivity index (χ3n) is 2.27. The van der Waals surface area contributed by atoms with E-state index in [4.69, 9.17) is 5.11 Å². The van der Waals surface area contributed by atoms with Crippen molar-refractivity contribution in [2.24, 2.45) is 5.92 Å². The minimum Gasteiger partial charge on any atom is -0.481 e. The second-order valence-corrected chi connectivity index (χ2v) is 5.98. The van der Waals surface area contributed by atoms with Gasteiger partial charge in [-0.3, -0.25) is 4.79 Å². The molecule has 0 aromatic carbocycles. The van der Waals surface area contributed by atoms with Gasteiger partial charge in [-0.1, -0.05) is 20.3 Å². The van der Waals surface area contributed by atoms with Crippen molar-refractivity contribution in [2.75, 3.05) is 12.3 Å². The number of aliphatic carboxylic acids is 1. The van der Waals surface area contributed by atoms with Gasteiger partial charge in [-0.15, -0.1) is 0 Å². The number of carboxylic acid groups (broad SMARTS) is 1. The van der Waals surface area contributed by atoms with Gasteiger partial charge in [0.25, 0.3) is 0 Å². The molecule has 0 aliphatic rings. The van der Waals surface area contributed by atoms with Crippen molar-refractivity contribution in [1.82, 2.24) is 4.72 Å². The predicted octanol–water partition coefficient (Wildman–Crippen LogP) is 1.21. The molecule has 0 bridgehead atoms. The maximum atomic E-state index is 11.4. The van der Waals surface area contributed by atoms with E-state index in [0.29, 0.717) is 19.4 Å². The van der Waals surface area contributed by atoms with Crippen LogP contribution in [0.25, 0.3) is 0 Å². The number of sulfonamides is 1. The van der Waals surface area contributed by atoms with Crippen molar-refractivity contribution in [2.45, 2.75) is 39.5 Å². The summed E-state index contributed by atoms with van der Waals surface area (Å²) in [7, 11) is -3.17. The van der Waals surface area contributed by atoms with E-state index in [0.717, 1.165) is 6.42 Å². The summed E-state index contributed by atoms with van der Waals surface area (Å²) in [5.41, 5.74) is 0. The van der Waals surface area contributed by atoms with Crippen molar-refractivity contribution in [3.05, 3.63) is 0 Å². The second-order valence-electron chi connectivity index (χ2n) is 4.06. The average Bonchev–Trinajstić information content (AvgIpc) is 2.21. The van der Waals surface area contributed by atoms with E-state index < -0.39 is 16.0 Å². The van der Waals surface area contributed by atoms with E-state index in [1.807, 2.05) is 13.8 Å². The highest BCUT2D eigenvalue weighted by Gasteiger charge is 2.12. The Kier molecular flexibility index (Phi) is 7.33. The Balaban J connectivity index is 3.81. The fourth-order valence-corrected chi connectivity index (χ4v) is 2.50. The number of unbranched alkanes of at least 4 members (excludes halogenated alkanes) is 1. The van der Waals surface area contributed by atoms with Gasteiger partial charge < -0.3 is 5.11 Å². The number of rotatable bonds is 9. The largest absolute Gasteiger partial charge is 0.481 e. The maximum Gasteiger partial charge on any atom is 0.303 e. The first-order valence-electron chi connectivity index (χ1n) is 5.56. The summed E-state index contributed by atoms with van der Waals surface area (Å²) in [5, 5.41) is 8.47. The minimum atomic E-state index is -3.17. The molecule has 0 aromatic rings. The Hall–Kier alpha value is -0.620. The fraction of sp³-hybridized carbons (Fsp3) is 0.900. The zero-order valence-corrected chi connectivity index (χ0v) is 10.7. The Morgan fingerprint density at radius 1 is 1.44 bits per heavy atom. The summed E-state index contributed by atoms with van der Waals surface area (Å²) in [4.78, 5) is 10.3. The first kappa shape index (κ1) is 15.4. The quantitative estimate of drug-likeness (QED) is 0.645. The Labute approximate surface area is 97.3 Å². The number of nitrogens with one attached hydrogen (secondary N) is 1. The molecule has 0 spiro atoms. The van der Waals surface area contributed by atoms with Crippen LogP contribution in [0.1, 0.15) is 39.5 Å². The summed E-state index contributed by atoms with van der Waals surface area (Å²) < 4.78 is 25.3. The van der Waals surface area contributed by atoms with E-state index in [1.165, 1.54) is 0 Å². The lowest BCUT2D eigenvalue weighted by Gasteiger charge is -2.11. The molecule has 16 heavy (non-hydrogen) atoms. The van der Waals surface area contributed by atoms with Crippen molar-refractivity contribution >= 4 is 16.0 Å². The molecule has 0 fully saturated rings. The highest BCUT2D eigenvalue weighted by atomic mass is 32.2. The van der Waals surface area contributed by atoms with Crippen molar-refractivity contribution in [3.63, 3.8) is 0 Å². The lowest BCUT2D eigenvalue weighted by molar-refractivity contribution is -0.137. The van der Waals surface area contributed by atoms with E-state index in [9.17, 15) is 13.2 Å². The zero-order chi connectivity index (χ0) is 12.6. The molecule has 0 heterocycles. The van der Waals surface area contributed by atoms with Gasteiger partial charge in [0.1, 0.15) is 0 Å². The van der Waals surface area contributed by atoms with E-state index in [1.54, 1.807) is 0 Å². The smallest absolute Gasteiger partial charge is 0.303 e. The van der Waals surface area contributed by atoms with Crippen LogP contribution in [0, 0.1) is 5.92 Å². The lowest BCUT2D eigenvalue weighted by Crippen LogP contribution is -2.30. The maximum absolute atomic E-state index is 11.4. The van der Waals surface area contributed by atoms with Crippen LogP contribution >= 0.6 is 0 Å². The first-order chi connectivity index (χ1) is 7.37. The van der Waals surface area contributed by atoms with Gasteiger partial charge in [-0.05, 0) is 18.8 Å². The minimum absolute atomic E-state index is 0.0486. The summed E-state index contributed by atoms with van der Waals surface area (Å²) in [6.07, 6.45) is 2.07. The van der Waals surface area contributed by atoms with Gasteiger partial charge in [-0.25, -0.2) is 13.1 Å². The lowest BCUT2D eigenvalue weighted by atomic mass is 10.1. The highest BCUT2D eigenvalue weighted by molar-refractivity contribution is 7.89. The molecule has 5 nitrogen and oxygen atoms in total. The van der Waals surface area contributed by atoms with Gasteiger partial charge in [-0.2, -0.15) is 0 Å². The van der Waals surface area contributed by atoms with Crippen molar-refractivity contribution in [3.8, 4) is 0 Å². The first-order valence-corrected chi connectivity index (χ1v) is 7.21. The Morgan fingerprint density at radius 2 is 2.06 bits per heavy atom. The topological polar surface area (TPSA) is 83.5 Å². The number of carbonyl (C=O) groups is 1. The highest BCUT2D eigenvalue weighted by Crippen LogP contribution is 2.05. The van der Waals surface area contributed by atoms with Crippen LogP contribution in [0.4, 0.5) is 0 Å². The fourth-order valence-electron chi connectivity index (χ4n) is 1.15. The summed E-state index contributed by atoms with van der Waals surface area (Å²) in [5.74, 6) is -0.650. The average molecular weight is 251 g/mol. The molecule has 96 valence electrons. The molecule has 6 heteroatoms. The van der Waals surface area contributed by atoms with Crippen molar-refractivity contribution in [1.29, 1.82) is 0 Å². The molecule has 0 aromatic heterocycles. The van der Waals surface area contributed by atoms with Crippen molar-refractivity contribution < 1.29 is 18.3 Å². The molecular formula is C10H21NO4S. The van der Waals surface area contributed by atoms with Crippen LogP contribution in [0.5, 0.6) is 0 Å². The monoisotopic (exact) mass is 251 g/mol. The SMILES string of the molecule is CCCCS(=O)(=O)NCC(C)CCC(=O)O. The summed E-state index contributed by atoms with van der Waals surface area (Å²) in [6.45, 7) is 4.09. The molecule has 0 rings (SSSR count). The standard InChI is InChI=1S/C10H21NO4S/c1-3-4-7-16(14,15)11-8-9(2)5-6-10(12)13/h9,11H,3-8H2,1-2H3,(H,12,13). The summed E-state index contributed by atoms with van der Waals surface area (Å²) >= 11 is 0. The van der Waals surface area contributed by atoms with Gasteiger partial charge in [0.2, 0.25) is 10.0 Å². The van der Waals surface area contributed by atoms with E-state index in [-0.39, 0.29) is 18.1 Å². The summed E-state index contributed by atoms with van der Waals surface area (Å²) in [6, 6.07) is 0. The van der Waals surface area contributed by atoms with E-state index >= 15 is 0 Å². The van der Waals surface area contributed by atoms with E-state index in [2.05, 4.69) is 4.72 Å². The molecule has 2 N–H and O–H groups in total. The second kappa shape index (κ2) is 7.62. The van der Waals surface area contributed by atoms with Crippen LogP contribution in [-0.2, 0) is 14.8 Å². The van der Waals surface area contributed by atoms with Gasteiger partial charge >= 0.3 is 5.97 Å². The molecule has 0 aliphatic heterocycles. The third kappa shape index (κ3) is 8.67. The van der Waals surface area contributed by atoms with Crippen LogP contribution in [0.15, 0.2) is 0 Å².